The van der Waals surface area contributed by atoms with E-state index < -0.39 is 0 Å². The minimum Gasteiger partial charge on any atom is -0.497 e. The van der Waals surface area contributed by atoms with E-state index in [1.807, 2.05) is 42.5 Å². The molecule has 0 aliphatic rings. The number of nitrogens with zero attached hydrogens (tertiary/aromatic N) is 1. The first-order valence-electron chi connectivity index (χ1n) is 6.77. The third kappa shape index (κ3) is 2.56. The molecule has 0 aliphatic heterocycles. The number of fused-ring (bicyclic) bond motifs is 1. The molecule has 1 heterocycles. The fraction of sp³-hybridized carbons (Fsp3) is 0.0588. The molecule has 0 radical (unpaired) electrons. The first-order chi connectivity index (χ1) is 10.7. The lowest BCUT2D eigenvalue weighted by Gasteiger charge is -2.05. The van der Waals surface area contributed by atoms with Crippen molar-refractivity contribution in [3.63, 3.8) is 0 Å². The van der Waals surface area contributed by atoms with Gasteiger partial charge in [0.1, 0.15) is 5.75 Å². The van der Waals surface area contributed by atoms with Gasteiger partial charge in [-0.25, -0.2) is 0 Å². The van der Waals surface area contributed by atoms with Gasteiger partial charge in [0.05, 0.1) is 18.3 Å². The number of H-pyrrole nitrogens is 1. The zero-order valence-corrected chi connectivity index (χ0v) is 12.1. The summed E-state index contributed by atoms with van der Waals surface area (Å²) in [6.45, 7) is 3.45. The fourth-order valence-electron chi connectivity index (χ4n) is 2.28. The molecule has 0 spiro atoms. The molecular weight excluding hydrogens is 278 g/mol. The standard InChI is InChI=1S/C17H15N3O2/c1-3-16(21)18-12-6-4-5-11(9-12)17-14-8-7-13(22-2)10-15(14)19-20-17/h3-10H,1H2,2H3,(H,18,21)(H,19,20). The molecule has 0 saturated heterocycles. The second kappa shape index (κ2) is 5.73. The minimum atomic E-state index is -0.242. The molecule has 0 unspecified atom stereocenters. The predicted molar refractivity (Wildman–Crippen MR) is 86.9 cm³/mol. The summed E-state index contributed by atoms with van der Waals surface area (Å²) < 4.78 is 5.21. The maximum atomic E-state index is 11.4. The van der Waals surface area contributed by atoms with Crippen LogP contribution in [0.4, 0.5) is 5.69 Å². The fourth-order valence-corrected chi connectivity index (χ4v) is 2.28. The van der Waals surface area contributed by atoms with E-state index in [0.717, 1.165) is 27.9 Å². The van der Waals surface area contributed by atoms with Gasteiger partial charge < -0.3 is 10.1 Å². The molecule has 0 atom stereocenters. The van der Waals surface area contributed by atoms with Gasteiger partial charge in [-0.15, -0.1) is 0 Å². The Kier molecular flexibility index (Phi) is 3.62. The Morgan fingerprint density at radius 3 is 2.95 bits per heavy atom. The van der Waals surface area contributed by atoms with Crippen LogP contribution in [0.3, 0.4) is 0 Å². The lowest BCUT2D eigenvalue weighted by molar-refractivity contribution is -0.111. The number of hydrogen-bond donors (Lipinski definition) is 2. The van der Waals surface area contributed by atoms with Crippen molar-refractivity contribution in [2.24, 2.45) is 0 Å². The Morgan fingerprint density at radius 2 is 2.18 bits per heavy atom. The normalized spacial score (nSPS) is 10.4. The number of anilines is 1. The van der Waals surface area contributed by atoms with Crippen LogP contribution >= 0.6 is 0 Å². The highest BCUT2D eigenvalue weighted by molar-refractivity contribution is 6.00. The van der Waals surface area contributed by atoms with E-state index in [2.05, 4.69) is 22.1 Å². The number of carbonyl (C=O) groups is 1. The predicted octanol–water partition coefficient (Wildman–Crippen LogP) is 3.36. The highest BCUT2D eigenvalue weighted by atomic mass is 16.5. The number of benzene rings is 2. The number of aromatic amines is 1. The first kappa shape index (κ1) is 13.9. The molecule has 3 rings (SSSR count). The molecule has 0 bridgehead atoms. The summed E-state index contributed by atoms with van der Waals surface area (Å²) in [5, 5.41) is 11.1. The summed E-state index contributed by atoms with van der Waals surface area (Å²) in [6.07, 6.45) is 1.24. The lowest BCUT2D eigenvalue weighted by Crippen LogP contribution is -2.06. The van der Waals surface area contributed by atoms with Crippen LogP contribution < -0.4 is 10.1 Å². The minimum absolute atomic E-state index is 0.242. The highest BCUT2D eigenvalue weighted by Crippen LogP contribution is 2.29. The van der Waals surface area contributed by atoms with Crippen molar-refractivity contribution in [3.8, 4) is 17.0 Å². The zero-order chi connectivity index (χ0) is 15.5. The Balaban J connectivity index is 2.02. The molecule has 0 saturated carbocycles. The second-order valence-electron chi connectivity index (χ2n) is 4.76. The van der Waals surface area contributed by atoms with Gasteiger partial charge in [0, 0.05) is 22.7 Å². The van der Waals surface area contributed by atoms with Gasteiger partial charge in [-0.3, -0.25) is 9.89 Å². The van der Waals surface area contributed by atoms with Gasteiger partial charge in [0.25, 0.3) is 0 Å². The van der Waals surface area contributed by atoms with Crippen LogP contribution in [0, 0.1) is 0 Å². The zero-order valence-electron chi connectivity index (χ0n) is 12.1. The van der Waals surface area contributed by atoms with Gasteiger partial charge in [-0.1, -0.05) is 18.7 Å². The smallest absolute Gasteiger partial charge is 0.247 e. The highest BCUT2D eigenvalue weighted by Gasteiger charge is 2.09. The number of ether oxygens (including phenoxy) is 1. The van der Waals surface area contributed by atoms with E-state index in [1.54, 1.807) is 7.11 Å². The molecule has 5 heteroatoms. The quantitative estimate of drug-likeness (QED) is 0.725. The molecule has 22 heavy (non-hydrogen) atoms. The molecule has 3 aromatic rings. The van der Waals surface area contributed by atoms with Gasteiger partial charge >= 0.3 is 0 Å². The van der Waals surface area contributed by atoms with Crippen LogP contribution in [0.5, 0.6) is 5.75 Å². The van der Waals surface area contributed by atoms with Crippen LogP contribution in [0.15, 0.2) is 55.1 Å². The van der Waals surface area contributed by atoms with E-state index in [1.165, 1.54) is 6.08 Å². The SMILES string of the molecule is C=CC(=O)Nc1cccc(-c2n[nH]c3cc(OC)ccc23)c1. The van der Waals surface area contributed by atoms with Crippen molar-refractivity contribution >= 4 is 22.5 Å². The summed E-state index contributed by atoms with van der Waals surface area (Å²) in [5.74, 6) is 0.531. The van der Waals surface area contributed by atoms with E-state index in [9.17, 15) is 4.79 Å². The molecule has 1 aromatic heterocycles. The van der Waals surface area contributed by atoms with Crippen LogP contribution in [0.2, 0.25) is 0 Å². The molecule has 2 aromatic carbocycles. The number of methoxy groups -OCH3 is 1. The van der Waals surface area contributed by atoms with Gasteiger partial charge in [0.15, 0.2) is 0 Å². The van der Waals surface area contributed by atoms with Gasteiger partial charge in [-0.2, -0.15) is 5.10 Å². The van der Waals surface area contributed by atoms with E-state index in [0.29, 0.717) is 5.69 Å². The Hall–Kier alpha value is -3.08. The summed E-state index contributed by atoms with van der Waals surface area (Å²) in [5.41, 5.74) is 3.34. The number of aromatic nitrogens is 2. The van der Waals surface area contributed by atoms with Crippen LogP contribution in [-0.2, 0) is 4.79 Å². The summed E-state index contributed by atoms with van der Waals surface area (Å²) in [6, 6.07) is 13.3. The van der Waals surface area contributed by atoms with Gasteiger partial charge in [-0.05, 0) is 30.3 Å². The molecule has 0 aliphatic carbocycles. The number of rotatable bonds is 4. The molecule has 110 valence electrons. The Morgan fingerprint density at radius 1 is 1.32 bits per heavy atom. The molecule has 5 nitrogen and oxygen atoms in total. The average molecular weight is 293 g/mol. The van der Waals surface area contributed by atoms with Crippen molar-refractivity contribution < 1.29 is 9.53 Å². The lowest BCUT2D eigenvalue weighted by atomic mass is 10.1. The average Bonchev–Trinajstić information content (AvgIpc) is 2.97. The van der Waals surface area contributed by atoms with E-state index in [4.69, 9.17) is 4.74 Å². The first-order valence-corrected chi connectivity index (χ1v) is 6.77. The van der Waals surface area contributed by atoms with Crippen molar-refractivity contribution in [1.29, 1.82) is 0 Å². The molecular formula is C17H15N3O2. The summed E-state index contributed by atoms with van der Waals surface area (Å²) >= 11 is 0. The van der Waals surface area contributed by atoms with Crippen molar-refractivity contribution in [2.45, 2.75) is 0 Å². The largest absolute Gasteiger partial charge is 0.497 e. The van der Waals surface area contributed by atoms with Crippen LogP contribution in [0.25, 0.3) is 22.2 Å². The molecule has 1 amide bonds. The van der Waals surface area contributed by atoms with Gasteiger partial charge in [0.2, 0.25) is 5.91 Å². The molecule has 2 N–H and O–H groups in total. The summed E-state index contributed by atoms with van der Waals surface area (Å²) in [4.78, 5) is 11.4. The Labute approximate surface area is 127 Å². The topological polar surface area (TPSA) is 67.0 Å². The monoisotopic (exact) mass is 293 g/mol. The third-order valence-corrected chi connectivity index (χ3v) is 3.36. The number of carbonyl (C=O) groups excluding carboxylic acids is 1. The van der Waals surface area contributed by atoms with Crippen molar-refractivity contribution in [2.75, 3.05) is 12.4 Å². The van der Waals surface area contributed by atoms with Crippen molar-refractivity contribution in [3.05, 3.63) is 55.1 Å². The maximum absolute atomic E-state index is 11.4. The third-order valence-electron chi connectivity index (χ3n) is 3.36. The van der Waals surface area contributed by atoms with Crippen molar-refractivity contribution in [1.82, 2.24) is 10.2 Å². The number of hydrogen-bond acceptors (Lipinski definition) is 3. The second-order valence-corrected chi connectivity index (χ2v) is 4.76. The van der Waals surface area contributed by atoms with E-state index in [-0.39, 0.29) is 5.91 Å². The molecule has 0 fully saturated rings. The Bertz CT molecular complexity index is 852. The van der Waals surface area contributed by atoms with Crippen LogP contribution in [-0.4, -0.2) is 23.2 Å². The number of nitrogens with one attached hydrogen (secondary N) is 2. The number of amides is 1. The van der Waals surface area contributed by atoms with E-state index >= 15 is 0 Å². The van der Waals surface area contributed by atoms with Crippen LogP contribution in [0.1, 0.15) is 0 Å². The summed E-state index contributed by atoms with van der Waals surface area (Å²) in [7, 11) is 1.63. The maximum Gasteiger partial charge on any atom is 0.247 e.